The molecule has 1 aromatic carbocycles. The van der Waals surface area contributed by atoms with Crippen LogP contribution in [-0.4, -0.2) is 21.8 Å². The summed E-state index contributed by atoms with van der Waals surface area (Å²) in [6.07, 6.45) is 0. The lowest BCUT2D eigenvalue weighted by Crippen LogP contribution is -1.99. The van der Waals surface area contributed by atoms with Gasteiger partial charge in [-0.3, -0.25) is 10.1 Å². The smallest absolute Gasteiger partial charge is 0.271 e. The molecule has 0 fully saturated rings. The van der Waals surface area contributed by atoms with Gasteiger partial charge in [0.05, 0.1) is 17.2 Å². The van der Waals surface area contributed by atoms with Crippen molar-refractivity contribution in [1.29, 1.82) is 5.26 Å². The van der Waals surface area contributed by atoms with Gasteiger partial charge in [0.1, 0.15) is 17.3 Å². The summed E-state index contributed by atoms with van der Waals surface area (Å²) in [4.78, 5) is 10.3. The number of halogens is 1. The molecule has 0 amide bonds. The van der Waals surface area contributed by atoms with Crippen molar-refractivity contribution in [2.24, 2.45) is 0 Å². The fraction of sp³-hybridized carbons (Fsp3) is 0.167. The minimum Gasteiger partial charge on any atom is -0.378 e. The summed E-state index contributed by atoms with van der Waals surface area (Å²) in [6.45, 7) is 0.130. The molecular formula is C12H9ClN4O3. The van der Waals surface area contributed by atoms with E-state index >= 15 is 0 Å². The quantitative estimate of drug-likeness (QED) is 0.637. The van der Waals surface area contributed by atoms with Crippen LogP contribution in [0.4, 0.5) is 5.69 Å². The van der Waals surface area contributed by atoms with Crippen LogP contribution in [0.1, 0.15) is 11.3 Å². The van der Waals surface area contributed by atoms with E-state index in [0.717, 1.165) is 0 Å². The van der Waals surface area contributed by atoms with Crippen molar-refractivity contribution in [2.75, 3.05) is 7.11 Å². The molecule has 1 heterocycles. The molecule has 0 aliphatic carbocycles. The van der Waals surface area contributed by atoms with Crippen molar-refractivity contribution >= 4 is 17.3 Å². The zero-order valence-electron chi connectivity index (χ0n) is 10.4. The summed E-state index contributed by atoms with van der Waals surface area (Å²) in [6, 6.07) is 7.78. The van der Waals surface area contributed by atoms with Gasteiger partial charge in [-0.1, -0.05) is 17.7 Å². The summed E-state index contributed by atoms with van der Waals surface area (Å²) in [5, 5.41) is 24.1. The highest BCUT2D eigenvalue weighted by Crippen LogP contribution is 2.25. The highest BCUT2D eigenvalue weighted by Gasteiger charge is 2.18. The third-order valence-electron chi connectivity index (χ3n) is 2.58. The molecule has 0 radical (unpaired) electrons. The summed E-state index contributed by atoms with van der Waals surface area (Å²) < 4.78 is 6.22. The number of methoxy groups -OCH3 is 1. The Hall–Kier alpha value is -2.43. The van der Waals surface area contributed by atoms with E-state index in [9.17, 15) is 10.1 Å². The molecule has 20 heavy (non-hydrogen) atoms. The first-order chi connectivity index (χ1) is 9.58. The molecular weight excluding hydrogens is 284 g/mol. The van der Waals surface area contributed by atoms with Crippen LogP contribution in [0.3, 0.4) is 0 Å². The van der Waals surface area contributed by atoms with Gasteiger partial charge in [-0.15, -0.1) is 0 Å². The molecule has 0 spiro atoms. The predicted octanol–water partition coefficient (Wildman–Crippen LogP) is 2.45. The van der Waals surface area contributed by atoms with Gasteiger partial charge in [-0.25, -0.2) is 4.68 Å². The molecule has 0 aliphatic heterocycles. The summed E-state index contributed by atoms with van der Waals surface area (Å²) >= 11 is 6.08. The van der Waals surface area contributed by atoms with E-state index in [4.69, 9.17) is 21.6 Å². The predicted molar refractivity (Wildman–Crippen MR) is 70.7 cm³/mol. The zero-order valence-corrected chi connectivity index (χ0v) is 11.2. The molecule has 1 aromatic heterocycles. The van der Waals surface area contributed by atoms with Crippen LogP contribution < -0.4 is 0 Å². The van der Waals surface area contributed by atoms with Gasteiger partial charge in [0.2, 0.25) is 0 Å². The second-order valence-corrected chi connectivity index (χ2v) is 4.20. The lowest BCUT2D eigenvalue weighted by atomic mass is 10.2. The third kappa shape index (κ3) is 2.47. The number of non-ortho nitro benzene ring substituents is 1. The van der Waals surface area contributed by atoms with Gasteiger partial charge in [-0.2, -0.15) is 10.4 Å². The first-order valence-corrected chi connectivity index (χ1v) is 5.87. The Bertz CT molecular complexity index is 705. The molecule has 8 heteroatoms. The molecule has 0 unspecified atom stereocenters. The van der Waals surface area contributed by atoms with Gasteiger partial charge in [0.15, 0.2) is 5.15 Å². The number of hydrogen-bond donors (Lipinski definition) is 0. The Labute approximate surface area is 119 Å². The second-order valence-electron chi connectivity index (χ2n) is 3.85. The van der Waals surface area contributed by atoms with Crippen LogP contribution in [0.2, 0.25) is 5.15 Å². The number of ether oxygens (including phenoxy) is 1. The minimum absolute atomic E-state index is 0.0825. The van der Waals surface area contributed by atoms with Gasteiger partial charge in [-0.05, 0) is 6.07 Å². The second kappa shape index (κ2) is 5.69. The number of rotatable bonds is 4. The normalized spacial score (nSPS) is 10.2. The summed E-state index contributed by atoms with van der Waals surface area (Å²) in [7, 11) is 1.47. The van der Waals surface area contributed by atoms with E-state index in [1.165, 1.54) is 30.0 Å². The summed E-state index contributed by atoms with van der Waals surface area (Å²) in [5.41, 5.74) is 0.899. The number of hydrogen-bond acceptors (Lipinski definition) is 5. The largest absolute Gasteiger partial charge is 0.378 e. The number of benzene rings is 1. The van der Waals surface area contributed by atoms with E-state index < -0.39 is 4.92 Å². The van der Waals surface area contributed by atoms with Gasteiger partial charge < -0.3 is 4.74 Å². The van der Waals surface area contributed by atoms with E-state index in [1.807, 2.05) is 6.07 Å². The Balaban J connectivity index is 2.56. The van der Waals surface area contributed by atoms with Crippen LogP contribution in [0.5, 0.6) is 0 Å². The average molecular weight is 293 g/mol. The fourth-order valence-corrected chi connectivity index (χ4v) is 1.98. The molecule has 7 nitrogen and oxygen atoms in total. The molecule has 0 N–H and O–H groups in total. The molecule has 0 bridgehead atoms. The highest BCUT2D eigenvalue weighted by atomic mass is 35.5. The van der Waals surface area contributed by atoms with E-state index in [-0.39, 0.29) is 23.0 Å². The number of nitriles is 1. The van der Waals surface area contributed by atoms with Crippen molar-refractivity contribution < 1.29 is 9.66 Å². The van der Waals surface area contributed by atoms with E-state index in [2.05, 4.69) is 5.10 Å². The topological polar surface area (TPSA) is 94.0 Å². The molecule has 0 saturated heterocycles. The molecule has 102 valence electrons. The molecule has 0 aliphatic rings. The Morgan fingerprint density at radius 1 is 1.60 bits per heavy atom. The lowest BCUT2D eigenvalue weighted by molar-refractivity contribution is -0.384. The Morgan fingerprint density at radius 2 is 2.35 bits per heavy atom. The van der Waals surface area contributed by atoms with Crippen LogP contribution >= 0.6 is 11.6 Å². The van der Waals surface area contributed by atoms with Crippen molar-refractivity contribution in [3.63, 3.8) is 0 Å². The number of nitrogens with zero attached hydrogens (tertiary/aromatic N) is 4. The van der Waals surface area contributed by atoms with Crippen LogP contribution in [0.15, 0.2) is 24.3 Å². The van der Waals surface area contributed by atoms with Gasteiger partial charge >= 0.3 is 0 Å². The molecule has 2 rings (SSSR count). The Kier molecular flexibility index (Phi) is 3.98. The highest BCUT2D eigenvalue weighted by molar-refractivity contribution is 6.31. The van der Waals surface area contributed by atoms with E-state index in [0.29, 0.717) is 11.4 Å². The molecule has 0 saturated carbocycles. The van der Waals surface area contributed by atoms with E-state index in [1.54, 1.807) is 6.07 Å². The van der Waals surface area contributed by atoms with Crippen LogP contribution in [0.25, 0.3) is 5.69 Å². The first-order valence-electron chi connectivity index (χ1n) is 5.49. The maximum Gasteiger partial charge on any atom is 0.271 e. The number of nitro groups is 1. The van der Waals surface area contributed by atoms with Crippen LogP contribution in [-0.2, 0) is 11.3 Å². The van der Waals surface area contributed by atoms with Crippen LogP contribution in [0, 0.1) is 21.4 Å². The van der Waals surface area contributed by atoms with Crippen molar-refractivity contribution in [3.05, 3.63) is 50.8 Å². The maximum atomic E-state index is 10.8. The molecule has 0 atom stereocenters. The first kappa shape index (κ1) is 14.0. The van der Waals surface area contributed by atoms with Crippen molar-refractivity contribution in [1.82, 2.24) is 9.78 Å². The molecule has 2 aromatic rings. The van der Waals surface area contributed by atoms with Crippen molar-refractivity contribution in [3.8, 4) is 11.8 Å². The van der Waals surface area contributed by atoms with Gasteiger partial charge in [0, 0.05) is 19.2 Å². The fourth-order valence-electron chi connectivity index (χ4n) is 1.70. The SMILES string of the molecule is COCc1nn(-c2cccc([N+](=O)[O-])c2)c(Cl)c1C#N. The number of nitro benzene ring substituents is 1. The monoisotopic (exact) mass is 292 g/mol. The third-order valence-corrected chi connectivity index (χ3v) is 2.93. The number of aromatic nitrogens is 2. The van der Waals surface area contributed by atoms with Gasteiger partial charge in [0.25, 0.3) is 5.69 Å². The maximum absolute atomic E-state index is 10.8. The average Bonchev–Trinajstić information content (AvgIpc) is 2.75. The Morgan fingerprint density at radius 3 is 2.95 bits per heavy atom. The lowest BCUT2D eigenvalue weighted by Gasteiger charge is -2.02. The summed E-state index contributed by atoms with van der Waals surface area (Å²) in [5.74, 6) is 0. The minimum atomic E-state index is -0.512. The zero-order chi connectivity index (χ0) is 14.7. The van der Waals surface area contributed by atoms with Crippen molar-refractivity contribution in [2.45, 2.75) is 6.61 Å². The standard InChI is InChI=1S/C12H9ClN4O3/c1-20-7-11-10(6-14)12(13)16(15-11)8-3-2-4-9(5-8)17(18)19/h2-5H,7H2,1H3.